The van der Waals surface area contributed by atoms with Gasteiger partial charge in [-0.1, -0.05) is 23.9 Å². The molecule has 0 atom stereocenters. The van der Waals surface area contributed by atoms with E-state index in [-0.39, 0.29) is 5.69 Å². The first kappa shape index (κ1) is 17.7. The van der Waals surface area contributed by atoms with Gasteiger partial charge in [0.05, 0.1) is 19.1 Å². The van der Waals surface area contributed by atoms with Gasteiger partial charge in [-0.3, -0.25) is 10.1 Å². The fourth-order valence-corrected chi connectivity index (χ4v) is 2.89. The Balaban J connectivity index is 1.71. The molecule has 0 aliphatic carbocycles. The molecule has 1 heterocycles. The summed E-state index contributed by atoms with van der Waals surface area (Å²) in [6.45, 7) is 0. The molecular weight excluding hydrogens is 358 g/mol. The number of ether oxygens (including phenoxy) is 2. The Morgan fingerprint density at radius 2 is 1.73 bits per heavy atom. The molecule has 2 aromatic carbocycles. The Bertz CT molecular complexity index is 889. The van der Waals surface area contributed by atoms with Gasteiger partial charge in [0.15, 0.2) is 0 Å². The van der Waals surface area contributed by atoms with Crippen molar-refractivity contribution >= 4 is 17.4 Å². The van der Waals surface area contributed by atoms with E-state index in [0.29, 0.717) is 33.9 Å². The highest BCUT2D eigenvalue weighted by molar-refractivity contribution is 7.98. The van der Waals surface area contributed by atoms with E-state index in [0.717, 1.165) is 5.56 Å². The van der Waals surface area contributed by atoms with Crippen molar-refractivity contribution < 1.29 is 18.8 Å². The Morgan fingerprint density at radius 3 is 2.31 bits per heavy atom. The summed E-state index contributed by atoms with van der Waals surface area (Å²) >= 11 is 1.35. The van der Waals surface area contributed by atoms with Gasteiger partial charge in [-0.2, -0.15) is 0 Å². The third-order valence-corrected chi connectivity index (χ3v) is 4.40. The molecule has 0 saturated heterocycles. The van der Waals surface area contributed by atoms with Gasteiger partial charge >= 0.3 is 0 Å². The predicted molar refractivity (Wildman–Crippen MR) is 95.5 cm³/mol. The van der Waals surface area contributed by atoms with Gasteiger partial charge in [0.2, 0.25) is 5.89 Å². The molecular formula is C17H15N3O5S. The molecule has 0 unspecified atom stereocenters. The Morgan fingerprint density at radius 1 is 1.08 bits per heavy atom. The summed E-state index contributed by atoms with van der Waals surface area (Å²) in [7, 11) is 3.13. The first-order chi connectivity index (χ1) is 12.6. The number of non-ortho nitro benzene ring substituents is 1. The molecule has 0 amide bonds. The van der Waals surface area contributed by atoms with Crippen LogP contribution in [-0.2, 0) is 5.75 Å². The standard InChI is InChI=1S/C17H15N3O5S/c1-23-14-7-12(8-15(9-14)24-2)16-18-19-17(25-16)26-10-11-3-5-13(6-4-11)20(21)22/h3-9H,10H2,1-2H3. The zero-order chi connectivity index (χ0) is 18.5. The Kier molecular flexibility index (Phi) is 5.37. The summed E-state index contributed by atoms with van der Waals surface area (Å²) in [6, 6.07) is 11.7. The van der Waals surface area contributed by atoms with Crippen molar-refractivity contribution in [2.45, 2.75) is 11.0 Å². The highest BCUT2D eigenvalue weighted by Gasteiger charge is 2.12. The second-order valence-electron chi connectivity index (χ2n) is 5.19. The van der Waals surface area contributed by atoms with Gasteiger partial charge in [0, 0.05) is 29.5 Å². The summed E-state index contributed by atoms with van der Waals surface area (Å²) < 4.78 is 16.1. The van der Waals surface area contributed by atoms with E-state index in [2.05, 4.69) is 10.2 Å². The highest BCUT2D eigenvalue weighted by atomic mass is 32.2. The zero-order valence-corrected chi connectivity index (χ0v) is 14.9. The zero-order valence-electron chi connectivity index (χ0n) is 14.0. The summed E-state index contributed by atoms with van der Waals surface area (Å²) in [5, 5.41) is 19.1. The van der Waals surface area contributed by atoms with Crippen LogP contribution in [0.1, 0.15) is 5.56 Å². The number of aromatic nitrogens is 2. The lowest BCUT2D eigenvalue weighted by Crippen LogP contribution is -1.88. The van der Waals surface area contributed by atoms with Crippen molar-refractivity contribution in [3.8, 4) is 23.0 Å². The molecule has 0 radical (unpaired) electrons. The van der Waals surface area contributed by atoms with E-state index in [4.69, 9.17) is 13.9 Å². The van der Waals surface area contributed by atoms with Crippen molar-refractivity contribution in [1.82, 2.24) is 10.2 Å². The number of nitro groups is 1. The van der Waals surface area contributed by atoms with Crippen molar-refractivity contribution in [3.05, 3.63) is 58.1 Å². The van der Waals surface area contributed by atoms with Crippen LogP contribution in [-0.4, -0.2) is 29.3 Å². The molecule has 26 heavy (non-hydrogen) atoms. The SMILES string of the molecule is COc1cc(OC)cc(-c2nnc(SCc3ccc([N+](=O)[O-])cc3)o2)c1. The molecule has 0 fully saturated rings. The van der Waals surface area contributed by atoms with Crippen molar-refractivity contribution in [2.24, 2.45) is 0 Å². The molecule has 0 aliphatic rings. The molecule has 0 saturated carbocycles. The lowest BCUT2D eigenvalue weighted by atomic mass is 10.2. The highest BCUT2D eigenvalue weighted by Crippen LogP contribution is 2.31. The number of methoxy groups -OCH3 is 2. The Hall–Kier alpha value is -3.07. The van der Waals surface area contributed by atoms with Gasteiger partial charge in [-0.05, 0) is 17.7 Å². The van der Waals surface area contributed by atoms with Gasteiger partial charge in [-0.25, -0.2) is 0 Å². The fourth-order valence-electron chi connectivity index (χ4n) is 2.17. The monoisotopic (exact) mass is 373 g/mol. The van der Waals surface area contributed by atoms with Crippen LogP contribution in [0.5, 0.6) is 11.5 Å². The summed E-state index contributed by atoms with van der Waals surface area (Å²) in [4.78, 5) is 10.2. The van der Waals surface area contributed by atoms with Crippen molar-refractivity contribution in [1.29, 1.82) is 0 Å². The van der Waals surface area contributed by atoms with E-state index in [1.807, 2.05) is 0 Å². The maximum Gasteiger partial charge on any atom is 0.277 e. The van der Waals surface area contributed by atoms with Crippen LogP contribution >= 0.6 is 11.8 Å². The fraction of sp³-hybridized carbons (Fsp3) is 0.176. The normalized spacial score (nSPS) is 10.5. The van der Waals surface area contributed by atoms with Gasteiger partial charge in [0.1, 0.15) is 11.5 Å². The third-order valence-electron chi connectivity index (χ3n) is 3.51. The molecule has 3 aromatic rings. The summed E-state index contributed by atoms with van der Waals surface area (Å²) in [6.07, 6.45) is 0. The molecule has 0 bridgehead atoms. The van der Waals surface area contributed by atoms with Crippen LogP contribution in [0.4, 0.5) is 5.69 Å². The smallest absolute Gasteiger partial charge is 0.277 e. The Labute approximate surface area is 153 Å². The van der Waals surface area contributed by atoms with E-state index in [1.165, 1.54) is 23.9 Å². The first-order valence-corrected chi connectivity index (χ1v) is 8.50. The number of rotatable bonds is 7. The van der Waals surface area contributed by atoms with Crippen LogP contribution in [0.3, 0.4) is 0 Å². The van der Waals surface area contributed by atoms with Crippen LogP contribution in [0, 0.1) is 10.1 Å². The van der Waals surface area contributed by atoms with Crippen LogP contribution in [0.25, 0.3) is 11.5 Å². The molecule has 0 aliphatic heterocycles. The number of thioether (sulfide) groups is 1. The van der Waals surface area contributed by atoms with Crippen LogP contribution in [0.15, 0.2) is 52.1 Å². The largest absolute Gasteiger partial charge is 0.497 e. The van der Waals surface area contributed by atoms with E-state index < -0.39 is 4.92 Å². The number of nitrogens with zero attached hydrogens (tertiary/aromatic N) is 3. The average molecular weight is 373 g/mol. The average Bonchev–Trinajstić information content (AvgIpc) is 3.15. The molecule has 1 aromatic heterocycles. The maximum absolute atomic E-state index is 10.7. The van der Waals surface area contributed by atoms with E-state index in [9.17, 15) is 10.1 Å². The lowest BCUT2D eigenvalue weighted by Gasteiger charge is -2.05. The second-order valence-corrected chi connectivity index (χ2v) is 6.11. The van der Waals surface area contributed by atoms with E-state index >= 15 is 0 Å². The minimum Gasteiger partial charge on any atom is -0.497 e. The number of benzene rings is 2. The second kappa shape index (κ2) is 7.87. The first-order valence-electron chi connectivity index (χ1n) is 7.52. The summed E-state index contributed by atoms with van der Waals surface area (Å²) in [5.74, 6) is 2.16. The molecule has 9 heteroatoms. The lowest BCUT2D eigenvalue weighted by molar-refractivity contribution is -0.384. The van der Waals surface area contributed by atoms with Gasteiger partial charge < -0.3 is 13.9 Å². The minimum absolute atomic E-state index is 0.0609. The maximum atomic E-state index is 10.7. The van der Waals surface area contributed by atoms with Crippen molar-refractivity contribution in [3.63, 3.8) is 0 Å². The molecule has 0 N–H and O–H groups in total. The topological polar surface area (TPSA) is 101 Å². The molecule has 134 valence electrons. The third kappa shape index (κ3) is 4.12. The molecule has 8 nitrogen and oxygen atoms in total. The number of hydrogen-bond donors (Lipinski definition) is 0. The quantitative estimate of drug-likeness (QED) is 0.348. The molecule has 3 rings (SSSR count). The van der Waals surface area contributed by atoms with E-state index in [1.54, 1.807) is 44.6 Å². The number of nitro benzene ring substituents is 1. The summed E-state index contributed by atoms with van der Waals surface area (Å²) in [5.41, 5.74) is 1.67. The molecule has 0 spiro atoms. The van der Waals surface area contributed by atoms with Crippen molar-refractivity contribution in [2.75, 3.05) is 14.2 Å². The van der Waals surface area contributed by atoms with Crippen LogP contribution < -0.4 is 9.47 Å². The van der Waals surface area contributed by atoms with Crippen LogP contribution in [0.2, 0.25) is 0 Å². The minimum atomic E-state index is -0.427. The predicted octanol–water partition coefficient (Wildman–Crippen LogP) is 3.95. The number of hydrogen-bond acceptors (Lipinski definition) is 8. The van der Waals surface area contributed by atoms with Gasteiger partial charge in [-0.15, -0.1) is 10.2 Å². The van der Waals surface area contributed by atoms with Gasteiger partial charge in [0.25, 0.3) is 10.9 Å².